The van der Waals surface area contributed by atoms with Crippen LogP contribution in [-0.2, 0) is 16.0 Å². The number of rotatable bonds is 7. The molecule has 1 aromatic carbocycles. The zero-order valence-corrected chi connectivity index (χ0v) is 18.5. The van der Waals surface area contributed by atoms with Crippen molar-refractivity contribution in [2.24, 2.45) is 0 Å². The SMILES string of the molecule is CCN(CC)C(=O)C1(NC(=O)Cc2ccc(-c3csc(C)n3)cc2)CCCCC1. The number of nitrogens with zero attached hydrogens (tertiary/aromatic N) is 2. The monoisotopic (exact) mass is 413 g/mol. The molecule has 0 radical (unpaired) electrons. The van der Waals surface area contributed by atoms with Crippen molar-refractivity contribution in [1.29, 1.82) is 0 Å². The van der Waals surface area contributed by atoms with Gasteiger partial charge in [0, 0.05) is 24.0 Å². The number of carbonyl (C=O) groups is 2. The summed E-state index contributed by atoms with van der Waals surface area (Å²) >= 11 is 1.63. The molecule has 1 saturated carbocycles. The Bertz CT molecular complexity index is 834. The smallest absolute Gasteiger partial charge is 0.248 e. The van der Waals surface area contributed by atoms with E-state index in [1.165, 1.54) is 0 Å². The zero-order valence-electron chi connectivity index (χ0n) is 17.7. The highest BCUT2D eigenvalue weighted by Gasteiger charge is 2.42. The molecule has 0 unspecified atom stereocenters. The van der Waals surface area contributed by atoms with Crippen LogP contribution in [0.15, 0.2) is 29.6 Å². The molecule has 29 heavy (non-hydrogen) atoms. The Morgan fingerprint density at radius 2 is 1.76 bits per heavy atom. The standard InChI is InChI=1S/C23H31N3O2S/c1-4-26(5-2)22(28)23(13-7-6-8-14-23)25-21(27)15-18-9-11-19(12-10-18)20-16-29-17(3)24-20/h9-12,16H,4-8,13-15H2,1-3H3,(H,25,27). The molecule has 1 aliphatic carbocycles. The van der Waals surface area contributed by atoms with E-state index < -0.39 is 5.54 Å². The quantitative estimate of drug-likeness (QED) is 0.734. The first-order valence-corrected chi connectivity index (χ1v) is 11.5. The second-order valence-electron chi connectivity index (χ2n) is 7.79. The molecule has 2 aromatic rings. The van der Waals surface area contributed by atoms with Crippen molar-refractivity contribution in [3.63, 3.8) is 0 Å². The maximum atomic E-state index is 13.2. The van der Waals surface area contributed by atoms with Crippen LogP contribution in [0.25, 0.3) is 11.3 Å². The average Bonchev–Trinajstić information content (AvgIpc) is 3.16. The predicted octanol–water partition coefficient (Wildman–Crippen LogP) is 4.35. The Morgan fingerprint density at radius 3 is 2.31 bits per heavy atom. The van der Waals surface area contributed by atoms with E-state index in [2.05, 4.69) is 10.3 Å². The van der Waals surface area contributed by atoms with Gasteiger partial charge in [0.15, 0.2) is 0 Å². The highest BCUT2D eigenvalue weighted by atomic mass is 32.1. The number of carbonyl (C=O) groups excluding carboxylic acids is 2. The number of amides is 2. The van der Waals surface area contributed by atoms with Crippen molar-refractivity contribution in [3.8, 4) is 11.3 Å². The summed E-state index contributed by atoms with van der Waals surface area (Å²) in [6, 6.07) is 7.97. The third-order valence-electron chi connectivity index (χ3n) is 5.78. The first-order chi connectivity index (χ1) is 14.0. The van der Waals surface area contributed by atoms with Crippen molar-refractivity contribution in [3.05, 3.63) is 40.2 Å². The highest BCUT2D eigenvalue weighted by molar-refractivity contribution is 7.09. The van der Waals surface area contributed by atoms with Crippen molar-refractivity contribution < 1.29 is 9.59 Å². The molecular weight excluding hydrogens is 382 g/mol. The second-order valence-corrected chi connectivity index (χ2v) is 8.86. The Balaban J connectivity index is 1.69. The minimum atomic E-state index is -0.737. The maximum Gasteiger partial charge on any atom is 0.248 e. The Hall–Kier alpha value is -2.21. The van der Waals surface area contributed by atoms with Crippen LogP contribution in [0.5, 0.6) is 0 Å². The van der Waals surface area contributed by atoms with Gasteiger partial charge in [-0.15, -0.1) is 11.3 Å². The van der Waals surface area contributed by atoms with Gasteiger partial charge in [-0.3, -0.25) is 9.59 Å². The van der Waals surface area contributed by atoms with Crippen molar-refractivity contribution in [2.75, 3.05) is 13.1 Å². The lowest BCUT2D eigenvalue weighted by atomic mass is 9.80. The Labute approximate surface area is 177 Å². The number of aryl methyl sites for hydroxylation is 1. The lowest BCUT2D eigenvalue weighted by molar-refractivity contribution is -0.143. The minimum absolute atomic E-state index is 0.0739. The summed E-state index contributed by atoms with van der Waals surface area (Å²) in [5.41, 5.74) is 2.23. The van der Waals surface area contributed by atoms with Gasteiger partial charge in [0.1, 0.15) is 5.54 Å². The number of hydrogen-bond donors (Lipinski definition) is 1. The van der Waals surface area contributed by atoms with Gasteiger partial charge in [-0.25, -0.2) is 4.98 Å². The number of thiazole rings is 1. The first kappa shape index (κ1) is 21.5. The first-order valence-electron chi connectivity index (χ1n) is 10.6. The number of benzene rings is 1. The van der Waals surface area contributed by atoms with Crippen molar-refractivity contribution in [2.45, 2.75) is 64.8 Å². The molecule has 1 aliphatic rings. The zero-order chi connectivity index (χ0) is 20.9. The van der Waals surface area contributed by atoms with Crippen LogP contribution in [0.4, 0.5) is 0 Å². The third-order valence-corrected chi connectivity index (χ3v) is 6.55. The van der Waals surface area contributed by atoms with E-state index in [1.807, 2.05) is 55.3 Å². The fraction of sp³-hybridized carbons (Fsp3) is 0.522. The van der Waals surface area contributed by atoms with E-state index in [-0.39, 0.29) is 18.2 Å². The van der Waals surface area contributed by atoms with Gasteiger partial charge < -0.3 is 10.2 Å². The van der Waals surface area contributed by atoms with Crippen LogP contribution in [0, 0.1) is 6.92 Å². The molecule has 0 spiro atoms. The summed E-state index contributed by atoms with van der Waals surface area (Å²) in [6.45, 7) is 7.32. The highest BCUT2D eigenvalue weighted by Crippen LogP contribution is 2.30. The third kappa shape index (κ3) is 5.04. The van der Waals surface area contributed by atoms with Crippen LogP contribution in [0.1, 0.15) is 56.5 Å². The largest absolute Gasteiger partial charge is 0.341 e. The summed E-state index contributed by atoms with van der Waals surface area (Å²) in [7, 11) is 0. The molecule has 1 heterocycles. The summed E-state index contributed by atoms with van der Waals surface area (Å²) < 4.78 is 0. The second kappa shape index (κ2) is 9.53. The lowest BCUT2D eigenvalue weighted by Gasteiger charge is -2.40. The normalized spacial score (nSPS) is 15.7. The molecule has 156 valence electrons. The molecule has 6 heteroatoms. The van der Waals surface area contributed by atoms with Gasteiger partial charge in [-0.05, 0) is 39.2 Å². The molecular formula is C23H31N3O2S. The van der Waals surface area contributed by atoms with E-state index in [1.54, 1.807) is 11.3 Å². The molecule has 0 bridgehead atoms. The molecule has 0 aliphatic heterocycles. The molecule has 2 amide bonds. The van der Waals surface area contributed by atoms with E-state index >= 15 is 0 Å². The van der Waals surface area contributed by atoms with Crippen molar-refractivity contribution in [1.82, 2.24) is 15.2 Å². The summed E-state index contributed by atoms with van der Waals surface area (Å²) in [6.07, 6.45) is 4.83. The molecule has 5 nitrogen and oxygen atoms in total. The number of aromatic nitrogens is 1. The number of likely N-dealkylation sites (N-methyl/N-ethyl adjacent to an activating group) is 1. The van der Waals surface area contributed by atoms with Gasteiger partial charge in [0.05, 0.1) is 17.1 Å². The van der Waals surface area contributed by atoms with E-state index in [0.29, 0.717) is 13.1 Å². The van der Waals surface area contributed by atoms with Crippen LogP contribution in [0.3, 0.4) is 0 Å². The number of nitrogens with one attached hydrogen (secondary N) is 1. The van der Waals surface area contributed by atoms with Crippen molar-refractivity contribution >= 4 is 23.2 Å². The fourth-order valence-corrected chi connectivity index (χ4v) is 4.77. The van der Waals surface area contributed by atoms with Gasteiger partial charge in [-0.1, -0.05) is 43.5 Å². The molecule has 1 aromatic heterocycles. The lowest BCUT2D eigenvalue weighted by Crippen LogP contribution is -2.60. The summed E-state index contributed by atoms with van der Waals surface area (Å²) in [5.74, 6) is -0.00513. The van der Waals surface area contributed by atoms with Gasteiger partial charge in [0.2, 0.25) is 11.8 Å². The Kier molecular flexibility index (Phi) is 7.06. The molecule has 1 N–H and O–H groups in total. The van der Waals surface area contributed by atoms with E-state index in [9.17, 15) is 9.59 Å². The Morgan fingerprint density at radius 1 is 1.10 bits per heavy atom. The molecule has 0 atom stereocenters. The minimum Gasteiger partial charge on any atom is -0.341 e. The van der Waals surface area contributed by atoms with Gasteiger partial charge in [-0.2, -0.15) is 0 Å². The molecule has 1 fully saturated rings. The predicted molar refractivity (Wildman–Crippen MR) is 118 cm³/mol. The molecule has 0 saturated heterocycles. The van der Waals surface area contributed by atoms with Crippen LogP contribution >= 0.6 is 11.3 Å². The fourth-order valence-electron chi connectivity index (χ4n) is 4.15. The van der Waals surface area contributed by atoms with Gasteiger partial charge >= 0.3 is 0 Å². The molecule has 3 rings (SSSR count). The topological polar surface area (TPSA) is 62.3 Å². The number of hydrogen-bond acceptors (Lipinski definition) is 4. The van der Waals surface area contributed by atoms with Crippen LogP contribution in [-0.4, -0.2) is 40.3 Å². The van der Waals surface area contributed by atoms with E-state index in [4.69, 9.17) is 0 Å². The average molecular weight is 414 g/mol. The van der Waals surface area contributed by atoms with Crippen LogP contribution in [0.2, 0.25) is 0 Å². The van der Waals surface area contributed by atoms with Crippen LogP contribution < -0.4 is 5.32 Å². The maximum absolute atomic E-state index is 13.2. The summed E-state index contributed by atoms with van der Waals surface area (Å²) in [5, 5.41) is 6.22. The van der Waals surface area contributed by atoms with E-state index in [0.717, 1.165) is 53.9 Å². The van der Waals surface area contributed by atoms with Gasteiger partial charge in [0.25, 0.3) is 0 Å². The summed E-state index contributed by atoms with van der Waals surface area (Å²) in [4.78, 5) is 32.4.